The number of carbonyl (C=O) groups is 1. The van der Waals surface area contributed by atoms with E-state index in [1.807, 2.05) is 38.1 Å². The maximum absolute atomic E-state index is 12.1. The quantitative estimate of drug-likeness (QED) is 0.399. The maximum atomic E-state index is 12.1. The fraction of sp³-hybridized carbons (Fsp3) is 0.583. The van der Waals surface area contributed by atoms with Crippen LogP contribution in [0.2, 0.25) is 0 Å². The van der Waals surface area contributed by atoms with Gasteiger partial charge in [-0.2, -0.15) is 11.8 Å². The van der Waals surface area contributed by atoms with Gasteiger partial charge in [-0.3, -0.25) is 4.79 Å². The molecule has 0 bridgehead atoms. The van der Waals surface area contributed by atoms with Gasteiger partial charge in [0.2, 0.25) is 11.8 Å². The fourth-order valence-electron chi connectivity index (χ4n) is 3.62. The zero-order valence-electron chi connectivity index (χ0n) is 18.7. The summed E-state index contributed by atoms with van der Waals surface area (Å²) in [6, 6.07) is 7.75. The van der Waals surface area contributed by atoms with E-state index in [1.54, 1.807) is 11.8 Å². The lowest BCUT2D eigenvalue weighted by molar-refractivity contribution is -0.118. The largest absolute Gasteiger partial charge is 0.494 e. The Hall–Kier alpha value is -1.60. The molecule has 0 spiro atoms. The molecule has 170 valence electrons. The van der Waals surface area contributed by atoms with Crippen LogP contribution in [-0.4, -0.2) is 40.8 Å². The lowest BCUT2D eigenvalue weighted by Crippen LogP contribution is -2.26. The molecule has 0 saturated heterocycles. The van der Waals surface area contributed by atoms with Crippen LogP contribution in [0.15, 0.2) is 28.7 Å². The number of carbonyl (C=O) groups excluding carboxylic acids is 1. The number of aryl methyl sites for hydroxylation is 1. The summed E-state index contributed by atoms with van der Waals surface area (Å²) in [7, 11) is 0. The minimum Gasteiger partial charge on any atom is -0.494 e. The summed E-state index contributed by atoms with van der Waals surface area (Å²) in [6.45, 7) is 5.30. The molecule has 1 fully saturated rings. The highest BCUT2D eigenvalue weighted by atomic mass is 32.2. The van der Waals surface area contributed by atoms with Gasteiger partial charge in [-0.05, 0) is 63.1 Å². The number of amides is 1. The topological polar surface area (TPSA) is 64.4 Å². The number of oxazole rings is 1. The normalized spacial score (nSPS) is 14.5. The van der Waals surface area contributed by atoms with E-state index in [1.165, 1.54) is 32.1 Å². The van der Waals surface area contributed by atoms with E-state index in [0.29, 0.717) is 24.0 Å². The number of nitrogens with zero attached hydrogens (tertiary/aromatic N) is 1. The molecule has 0 unspecified atom stereocenters. The Morgan fingerprint density at radius 3 is 2.74 bits per heavy atom. The molecular formula is C24H34N2O3S2. The highest BCUT2D eigenvalue weighted by molar-refractivity contribution is 7.99. The van der Waals surface area contributed by atoms with E-state index >= 15 is 0 Å². The number of benzene rings is 1. The van der Waals surface area contributed by atoms with Crippen LogP contribution in [0.3, 0.4) is 0 Å². The molecule has 1 amide bonds. The molecule has 31 heavy (non-hydrogen) atoms. The molecule has 1 aliphatic carbocycles. The van der Waals surface area contributed by atoms with Crippen LogP contribution in [0.4, 0.5) is 0 Å². The van der Waals surface area contributed by atoms with Gasteiger partial charge in [0.15, 0.2) is 0 Å². The Labute approximate surface area is 194 Å². The Morgan fingerprint density at radius 2 is 2.00 bits per heavy atom. The molecule has 0 atom stereocenters. The molecule has 0 aliphatic heterocycles. The van der Waals surface area contributed by atoms with Crippen LogP contribution in [-0.2, 0) is 10.5 Å². The summed E-state index contributed by atoms with van der Waals surface area (Å²) in [6.07, 6.45) is 7.97. The first-order chi connectivity index (χ1) is 15.2. The number of aromatic nitrogens is 1. The summed E-state index contributed by atoms with van der Waals surface area (Å²) < 4.78 is 11.3. The van der Waals surface area contributed by atoms with Crippen molar-refractivity contribution in [3.63, 3.8) is 0 Å². The number of rotatable bonds is 12. The molecule has 5 nitrogen and oxygen atoms in total. The first-order valence-corrected chi connectivity index (χ1v) is 13.5. The van der Waals surface area contributed by atoms with E-state index in [2.05, 4.69) is 22.1 Å². The second-order valence-electron chi connectivity index (χ2n) is 7.81. The van der Waals surface area contributed by atoms with Crippen molar-refractivity contribution >= 4 is 29.4 Å². The minimum atomic E-state index is 0.0977. The van der Waals surface area contributed by atoms with Crippen molar-refractivity contribution in [1.82, 2.24) is 10.3 Å². The van der Waals surface area contributed by atoms with Crippen molar-refractivity contribution < 1.29 is 13.9 Å². The monoisotopic (exact) mass is 462 g/mol. The second kappa shape index (κ2) is 13.1. The predicted octanol–water partition coefficient (Wildman–Crippen LogP) is 5.85. The lowest BCUT2D eigenvalue weighted by atomic mass is 10.0. The van der Waals surface area contributed by atoms with Crippen molar-refractivity contribution in [3.05, 3.63) is 35.7 Å². The molecule has 0 radical (unpaired) electrons. The highest BCUT2D eigenvalue weighted by Crippen LogP contribution is 2.28. The average molecular weight is 463 g/mol. The van der Waals surface area contributed by atoms with Crippen LogP contribution >= 0.6 is 23.5 Å². The molecule has 1 N–H and O–H groups in total. The van der Waals surface area contributed by atoms with Gasteiger partial charge in [0.05, 0.1) is 18.1 Å². The number of nitrogens with one attached hydrogen (secondary N) is 1. The SMILES string of the molecule is CCOc1ccc(-c2nc(CSCC(=O)NCCCSC3CCCCC3)c(C)o2)cc1. The fourth-order valence-corrected chi connectivity index (χ4v) is 5.78. The summed E-state index contributed by atoms with van der Waals surface area (Å²) in [5, 5.41) is 3.88. The van der Waals surface area contributed by atoms with Crippen molar-refractivity contribution in [3.8, 4) is 17.2 Å². The van der Waals surface area contributed by atoms with Crippen LogP contribution in [0.1, 0.15) is 56.9 Å². The van der Waals surface area contributed by atoms with Crippen molar-refractivity contribution in [2.24, 2.45) is 0 Å². The van der Waals surface area contributed by atoms with Gasteiger partial charge in [-0.1, -0.05) is 19.3 Å². The molecule has 1 aromatic heterocycles. The van der Waals surface area contributed by atoms with Gasteiger partial charge in [0.1, 0.15) is 11.5 Å². The lowest BCUT2D eigenvalue weighted by Gasteiger charge is -2.20. The minimum absolute atomic E-state index is 0.0977. The molecule has 1 aromatic carbocycles. The Morgan fingerprint density at radius 1 is 1.23 bits per heavy atom. The zero-order valence-corrected chi connectivity index (χ0v) is 20.3. The Kier molecular flexibility index (Phi) is 10.1. The summed E-state index contributed by atoms with van der Waals surface area (Å²) in [5.74, 6) is 4.60. The predicted molar refractivity (Wildman–Crippen MR) is 131 cm³/mol. The third kappa shape index (κ3) is 8.11. The summed E-state index contributed by atoms with van der Waals surface area (Å²) in [5.41, 5.74) is 1.82. The zero-order chi connectivity index (χ0) is 21.9. The number of hydrogen-bond donors (Lipinski definition) is 1. The molecule has 1 heterocycles. The molecule has 1 saturated carbocycles. The van der Waals surface area contributed by atoms with Gasteiger partial charge in [0, 0.05) is 23.1 Å². The first kappa shape index (κ1) is 24.1. The van der Waals surface area contributed by atoms with Gasteiger partial charge < -0.3 is 14.5 Å². The maximum Gasteiger partial charge on any atom is 0.230 e. The smallest absolute Gasteiger partial charge is 0.230 e. The molecule has 1 aliphatic rings. The number of hydrogen-bond acceptors (Lipinski definition) is 6. The van der Waals surface area contributed by atoms with E-state index in [4.69, 9.17) is 9.15 Å². The van der Waals surface area contributed by atoms with Gasteiger partial charge >= 0.3 is 0 Å². The van der Waals surface area contributed by atoms with E-state index in [9.17, 15) is 4.79 Å². The third-order valence-corrected chi connectivity index (χ3v) is 7.74. The van der Waals surface area contributed by atoms with Crippen LogP contribution in [0, 0.1) is 6.92 Å². The van der Waals surface area contributed by atoms with Crippen molar-refractivity contribution in [1.29, 1.82) is 0 Å². The van der Waals surface area contributed by atoms with Gasteiger partial charge in [0.25, 0.3) is 0 Å². The number of thioether (sulfide) groups is 2. The van der Waals surface area contributed by atoms with E-state index in [-0.39, 0.29) is 5.91 Å². The highest BCUT2D eigenvalue weighted by Gasteiger charge is 2.14. The summed E-state index contributed by atoms with van der Waals surface area (Å²) >= 11 is 3.66. The Balaban J connectivity index is 1.33. The molecule has 7 heteroatoms. The number of ether oxygens (including phenoxy) is 1. The van der Waals surface area contributed by atoms with Crippen LogP contribution in [0.25, 0.3) is 11.5 Å². The van der Waals surface area contributed by atoms with E-state index < -0.39 is 0 Å². The molecule has 3 rings (SSSR count). The van der Waals surface area contributed by atoms with Crippen molar-refractivity contribution in [2.75, 3.05) is 24.7 Å². The molecular weight excluding hydrogens is 428 g/mol. The Bertz CT molecular complexity index is 802. The second-order valence-corrected chi connectivity index (χ2v) is 10.2. The van der Waals surface area contributed by atoms with Crippen LogP contribution < -0.4 is 10.1 Å². The molecule has 2 aromatic rings. The van der Waals surface area contributed by atoms with Crippen molar-refractivity contribution in [2.45, 2.75) is 63.4 Å². The van der Waals surface area contributed by atoms with E-state index in [0.717, 1.165) is 46.7 Å². The van der Waals surface area contributed by atoms with Gasteiger partial charge in [-0.25, -0.2) is 4.98 Å². The van der Waals surface area contributed by atoms with Crippen LogP contribution in [0.5, 0.6) is 5.75 Å². The first-order valence-electron chi connectivity index (χ1n) is 11.3. The third-order valence-electron chi connectivity index (χ3n) is 5.33. The standard InChI is InChI=1S/C24H34N2O3S2/c1-3-28-20-12-10-19(11-13-20)24-26-22(18(2)29-24)16-30-17-23(27)25-14-7-15-31-21-8-5-4-6-9-21/h10-13,21H,3-9,14-17H2,1-2H3,(H,25,27). The summed E-state index contributed by atoms with van der Waals surface area (Å²) in [4.78, 5) is 16.7. The van der Waals surface area contributed by atoms with Gasteiger partial charge in [-0.15, -0.1) is 11.8 Å². The average Bonchev–Trinajstić information content (AvgIpc) is 3.15.